The van der Waals surface area contributed by atoms with Gasteiger partial charge in [0.15, 0.2) is 35.6 Å². The third kappa shape index (κ3) is 4.75. The molecular formula is C20H22O6. The lowest BCUT2D eigenvalue weighted by Crippen LogP contribution is -2.06. The second-order valence-corrected chi connectivity index (χ2v) is 5.40. The van der Waals surface area contributed by atoms with E-state index in [0.29, 0.717) is 60.2 Å². The Kier molecular flexibility index (Phi) is 7.49. The maximum atomic E-state index is 11.1. The van der Waals surface area contributed by atoms with E-state index in [0.717, 1.165) is 12.6 Å². The molecule has 0 saturated heterocycles. The first-order chi connectivity index (χ1) is 12.7. The van der Waals surface area contributed by atoms with Crippen LogP contribution in [0.5, 0.6) is 23.0 Å². The van der Waals surface area contributed by atoms with Crippen LogP contribution in [0.15, 0.2) is 36.4 Å². The summed E-state index contributed by atoms with van der Waals surface area (Å²) in [6.07, 6.45) is 2.90. The summed E-state index contributed by atoms with van der Waals surface area (Å²) >= 11 is 0. The number of benzene rings is 2. The van der Waals surface area contributed by atoms with Gasteiger partial charge in [0.1, 0.15) is 0 Å². The number of carbonyl (C=O) groups excluding carboxylic acids is 2. The minimum atomic E-state index is 0.414. The van der Waals surface area contributed by atoms with Crippen LogP contribution >= 0.6 is 0 Å². The number of aldehydes is 2. The lowest BCUT2D eigenvalue weighted by molar-refractivity contribution is 0.111. The summed E-state index contributed by atoms with van der Waals surface area (Å²) in [5, 5.41) is 0. The zero-order valence-corrected chi connectivity index (χ0v) is 14.9. The third-order valence-electron chi connectivity index (χ3n) is 3.74. The average molecular weight is 358 g/mol. The van der Waals surface area contributed by atoms with Crippen LogP contribution in [0.4, 0.5) is 0 Å². The van der Waals surface area contributed by atoms with E-state index in [-0.39, 0.29) is 0 Å². The van der Waals surface area contributed by atoms with E-state index in [2.05, 4.69) is 0 Å². The summed E-state index contributed by atoms with van der Waals surface area (Å²) in [7, 11) is 3.06. The molecule has 138 valence electrons. The SMILES string of the molecule is COc1cccc(C=O)c1OCCCCOc1c(C=O)cccc1OC. The predicted octanol–water partition coefficient (Wildman–Crippen LogP) is 3.57. The molecule has 0 aliphatic carbocycles. The van der Waals surface area contributed by atoms with Gasteiger partial charge >= 0.3 is 0 Å². The summed E-state index contributed by atoms with van der Waals surface area (Å²) in [5.41, 5.74) is 0.899. The number of rotatable bonds is 11. The van der Waals surface area contributed by atoms with Gasteiger partial charge in [0.2, 0.25) is 0 Å². The van der Waals surface area contributed by atoms with Crippen molar-refractivity contribution in [2.75, 3.05) is 27.4 Å². The second kappa shape index (κ2) is 10.1. The van der Waals surface area contributed by atoms with E-state index in [1.807, 2.05) is 0 Å². The minimum absolute atomic E-state index is 0.414. The fourth-order valence-corrected chi connectivity index (χ4v) is 2.43. The van der Waals surface area contributed by atoms with Gasteiger partial charge in [-0.2, -0.15) is 0 Å². The summed E-state index contributed by atoms with van der Waals surface area (Å²) in [6, 6.07) is 10.3. The van der Waals surface area contributed by atoms with Crippen molar-refractivity contribution in [2.24, 2.45) is 0 Å². The summed E-state index contributed by atoms with van der Waals surface area (Å²) < 4.78 is 21.8. The number of methoxy groups -OCH3 is 2. The highest BCUT2D eigenvalue weighted by Gasteiger charge is 2.11. The Bertz CT molecular complexity index is 678. The van der Waals surface area contributed by atoms with Gasteiger partial charge in [0.05, 0.1) is 38.6 Å². The number of ether oxygens (including phenoxy) is 4. The fraction of sp³-hybridized carbons (Fsp3) is 0.300. The molecule has 0 unspecified atom stereocenters. The summed E-state index contributed by atoms with van der Waals surface area (Å²) in [5.74, 6) is 1.93. The van der Waals surface area contributed by atoms with Crippen LogP contribution in [0.3, 0.4) is 0 Å². The Balaban J connectivity index is 1.84. The lowest BCUT2D eigenvalue weighted by Gasteiger charge is -2.14. The van der Waals surface area contributed by atoms with Crippen LogP contribution in [0.25, 0.3) is 0 Å². The standard InChI is InChI=1S/C20H22O6/c1-23-17-9-5-7-15(13-21)19(17)25-11-3-4-12-26-20-16(14-22)8-6-10-18(20)24-2/h5-10,13-14H,3-4,11-12H2,1-2H3. The molecule has 0 atom stereocenters. The molecular weight excluding hydrogens is 336 g/mol. The normalized spacial score (nSPS) is 10.1. The molecule has 0 spiro atoms. The maximum Gasteiger partial charge on any atom is 0.171 e. The van der Waals surface area contributed by atoms with Gasteiger partial charge in [-0.05, 0) is 37.1 Å². The van der Waals surface area contributed by atoms with Crippen molar-refractivity contribution >= 4 is 12.6 Å². The van der Waals surface area contributed by atoms with Crippen molar-refractivity contribution in [3.05, 3.63) is 47.5 Å². The number of unbranched alkanes of at least 4 members (excludes halogenated alkanes) is 1. The van der Waals surface area contributed by atoms with Crippen molar-refractivity contribution in [3.63, 3.8) is 0 Å². The zero-order chi connectivity index (χ0) is 18.8. The Morgan fingerprint density at radius 3 is 1.50 bits per heavy atom. The van der Waals surface area contributed by atoms with E-state index in [4.69, 9.17) is 18.9 Å². The molecule has 2 rings (SSSR count). The van der Waals surface area contributed by atoms with Gasteiger partial charge in [-0.15, -0.1) is 0 Å². The quantitative estimate of drug-likeness (QED) is 0.452. The first kappa shape index (κ1) is 19.3. The second-order valence-electron chi connectivity index (χ2n) is 5.40. The van der Waals surface area contributed by atoms with Gasteiger partial charge in [-0.3, -0.25) is 9.59 Å². The number of hydrogen-bond donors (Lipinski definition) is 0. The van der Waals surface area contributed by atoms with E-state index in [1.54, 1.807) is 36.4 Å². The Labute approximate surface area is 152 Å². The molecule has 0 N–H and O–H groups in total. The molecule has 0 saturated carbocycles. The number of para-hydroxylation sites is 2. The Morgan fingerprint density at radius 1 is 0.731 bits per heavy atom. The van der Waals surface area contributed by atoms with Crippen LogP contribution in [-0.2, 0) is 0 Å². The van der Waals surface area contributed by atoms with Gasteiger partial charge in [-0.1, -0.05) is 12.1 Å². The zero-order valence-electron chi connectivity index (χ0n) is 14.9. The van der Waals surface area contributed by atoms with E-state index in [9.17, 15) is 9.59 Å². The van der Waals surface area contributed by atoms with Gasteiger partial charge in [0, 0.05) is 0 Å². The van der Waals surface area contributed by atoms with Crippen molar-refractivity contribution in [2.45, 2.75) is 12.8 Å². The smallest absolute Gasteiger partial charge is 0.171 e. The average Bonchev–Trinajstić information content (AvgIpc) is 2.70. The molecule has 0 bridgehead atoms. The third-order valence-corrected chi connectivity index (χ3v) is 3.74. The number of carbonyl (C=O) groups is 2. The van der Waals surface area contributed by atoms with Crippen LogP contribution < -0.4 is 18.9 Å². The van der Waals surface area contributed by atoms with Crippen molar-refractivity contribution in [1.82, 2.24) is 0 Å². The molecule has 6 heteroatoms. The van der Waals surface area contributed by atoms with Gasteiger partial charge in [-0.25, -0.2) is 0 Å². The molecule has 0 aliphatic heterocycles. The van der Waals surface area contributed by atoms with Crippen LogP contribution in [0.2, 0.25) is 0 Å². The van der Waals surface area contributed by atoms with Crippen LogP contribution in [0.1, 0.15) is 33.6 Å². The molecule has 26 heavy (non-hydrogen) atoms. The lowest BCUT2D eigenvalue weighted by atomic mass is 10.2. The summed E-state index contributed by atoms with van der Waals surface area (Å²) in [4.78, 5) is 22.2. The van der Waals surface area contributed by atoms with Gasteiger partial charge < -0.3 is 18.9 Å². The van der Waals surface area contributed by atoms with E-state index in [1.165, 1.54) is 14.2 Å². The minimum Gasteiger partial charge on any atom is -0.493 e. The summed E-state index contributed by atoms with van der Waals surface area (Å²) in [6.45, 7) is 0.827. The highest BCUT2D eigenvalue weighted by molar-refractivity contribution is 5.81. The molecule has 0 fully saturated rings. The van der Waals surface area contributed by atoms with Crippen LogP contribution in [-0.4, -0.2) is 40.0 Å². The van der Waals surface area contributed by atoms with E-state index < -0.39 is 0 Å². The monoisotopic (exact) mass is 358 g/mol. The van der Waals surface area contributed by atoms with Crippen molar-refractivity contribution in [3.8, 4) is 23.0 Å². The van der Waals surface area contributed by atoms with Gasteiger partial charge in [0.25, 0.3) is 0 Å². The highest BCUT2D eigenvalue weighted by atomic mass is 16.5. The first-order valence-corrected chi connectivity index (χ1v) is 8.25. The van der Waals surface area contributed by atoms with Crippen molar-refractivity contribution < 1.29 is 28.5 Å². The molecule has 2 aromatic rings. The molecule has 0 radical (unpaired) electrons. The maximum absolute atomic E-state index is 11.1. The molecule has 0 aromatic heterocycles. The first-order valence-electron chi connectivity index (χ1n) is 8.25. The molecule has 0 amide bonds. The van der Waals surface area contributed by atoms with Crippen molar-refractivity contribution in [1.29, 1.82) is 0 Å². The Morgan fingerprint density at radius 2 is 1.15 bits per heavy atom. The van der Waals surface area contributed by atoms with E-state index >= 15 is 0 Å². The molecule has 2 aromatic carbocycles. The Hall–Kier alpha value is -3.02. The topological polar surface area (TPSA) is 71.1 Å². The predicted molar refractivity (Wildman–Crippen MR) is 97.0 cm³/mol. The van der Waals surface area contributed by atoms with Crippen LogP contribution in [0, 0.1) is 0 Å². The highest BCUT2D eigenvalue weighted by Crippen LogP contribution is 2.31. The number of hydrogen-bond acceptors (Lipinski definition) is 6. The largest absolute Gasteiger partial charge is 0.493 e. The molecule has 6 nitrogen and oxygen atoms in total. The molecule has 0 aliphatic rings. The molecule has 0 heterocycles. The fourth-order valence-electron chi connectivity index (χ4n) is 2.43.